The molecule has 1 aromatic heterocycles. The largest absolute Gasteiger partial charge is 0.368 e. The number of aromatic nitrogens is 2. The van der Waals surface area contributed by atoms with Crippen molar-refractivity contribution in [3.8, 4) is 0 Å². The summed E-state index contributed by atoms with van der Waals surface area (Å²) in [5.41, 5.74) is 0.802. The summed E-state index contributed by atoms with van der Waals surface area (Å²) in [6, 6.07) is 1.78. The summed E-state index contributed by atoms with van der Waals surface area (Å²) >= 11 is 0. The van der Waals surface area contributed by atoms with E-state index in [4.69, 9.17) is 4.74 Å². The van der Waals surface area contributed by atoms with Gasteiger partial charge in [-0.2, -0.15) is 0 Å². The second-order valence-corrected chi connectivity index (χ2v) is 4.55. The van der Waals surface area contributed by atoms with Crippen LogP contribution in [0.15, 0.2) is 18.6 Å². The third-order valence-corrected chi connectivity index (χ3v) is 3.11. The van der Waals surface area contributed by atoms with Crippen molar-refractivity contribution in [1.82, 2.24) is 15.3 Å². The molecule has 0 unspecified atom stereocenters. The molecule has 0 radical (unpaired) electrons. The normalized spacial score (nSPS) is 16.4. The second kappa shape index (κ2) is 7.06. The van der Waals surface area contributed by atoms with Crippen LogP contribution in [-0.2, 0) is 16.1 Å². The lowest BCUT2D eigenvalue weighted by molar-refractivity contribution is -0.128. The number of rotatable bonds is 5. The molecule has 0 spiro atoms. The van der Waals surface area contributed by atoms with Crippen LogP contribution < -0.4 is 5.32 Å². The Labute approximate surface area is 107 Å². The molecular weight excluding hydrogens is 230 g/mol. The van der Waals surface area contributed by atoms with Crippen molar-refractivity contribution in [2.24, 2.45) is 0 Å². The van der Waals surface area contributed by atoms with Gasteiger partial charge in [0.15, 0.2) is 0 Å². The van der Waals surface area contributed by atoms with Crippen molar-refractivity contribution >= 4 is 5.91 Å². The van der Waals surface area contributed by atoms with E-state index in [0.29, 0.717) is 6.54 Å². The minimum atomic E-state index is -0.0841. The van der Waals surface area contributed by atoms with Crippen LogP contribution in [-0.4, -0.2) is 28.6 Å². The van der Waals surface area contributed by atoms with Gasteiger partial charge in [-0.3, -0.25) is 4.79 Å². The van der Waals surface area contributed by atoms with E-state index < -0.39 is 0 Å². The van der Waals surface area contributed by atoms with Crippen LogP contribution in [0.3, 0.4) is 0 Å². The van der Waals surface area contributed by atoms with Gasteiger partial charge in [0.2, 0.25) is 5.91 Å². The first kappa shape index (κ1) is 13.0. The molecular formula is C13H19N3O2. The van der Waals surface area contributed by atoms with Gasteiger partial charge in [0.25, 0.3) is 0 Å². The third-order valence-electron chi connectivity index (χ3n) is 3.11. The van der Waals surface area contributed by atoms with E-state index in [0.717, 1.165) is 18.5 Å². The Morgan fingerprint density at radius 1 is 1.39 bits per heavy atom. The summed E-state index contributed by atoms with van der Waals surface area (Å²) in [6.07, 6.45) is 9.29. The maximum atomic E-state index is 11.6. The van der Waals surface area contributed by atoms with Crippen LogP contribution in [0.2, 0.25) is 0 Å². The molecule has 1 heterocycles. The lowest BCUT2D eigenvalue weighted by Gasteiger charge is -2.21. The smallest absolute Gasteiger partial charge is 0.246 e. The predicted molar refractivity (Wildman–Crippen MR) is 66.7 cm³/mol. The summed E-state index contributed by atoms with van der Waals surface area (Å²) < 4.78 is 5.59. The zero-order valence-electron chi connectivity index (χ0n) is 10.5. The molecule has 18 heavy (non-hydrogen) atoms. The molecule has 0 bridgehead atoms. The number of nitrogens with zero attached hydrogens (tertiary/aromatic N) is 2. The lowest BCUT2D eigenvalue weighted by atomic mass is 9.98. The highest BCUT2D eigenvalue weighted by atomic mass is 16.5. The molecule has 1 amide bonds. The number of amides is 1. The average molecular weight is 249 g/mol. The van der Waals surface area contributed by atoms with E-state index >= 15 is 0 Å². The topological polar surface area (TPSA) is 64.1 Å². The van der Waals surface area contributed by atoms with Gasteiger partial charge in [-0.15, -0.1) is 0 Å². The SMILES string of the molecule is O=C(COC1CCCCC1)NCc1ccncn1. The molecule has 1 N–H and O–H groups in total. The van der Waals surface area contributed by atoms with Crippen molar-refractivity contribution in [3.63, 3.8) is 0 Å². The maximum Gasteiger partial charge on any atom is 0.246 e. The summed E-state index contributed by atoms with van der Waals surface area (Å²) in [6.45, 7) is 0.575. The second-order valence-electron chi connectivity index (χ2n) is 4.55. The predicted octanol–water partition coefficient (Wildman–Crippen LogP) is 1.44. The van der Waals surface area contributed by atoms with Gasteiger partial charge in [-0.1, -0.05) is 19.3 Å². The summed E-state index contributed by atoms with van der Waals surface area (Å²) in [5, 5.41) is 2.78. The van der Waals surface area contributed by atoms with Crippen LogP contribution in [0.1, 0.15) is 37.8 Å². The molecule has 1 aromatic rings. The Bertz CT molecular complexity index is 364. The zero-order valence-corrected chi connectivity index (χ0v) is 10.5. The van der Waals surface area contributed by atoms with Gasteiger partial charge in [-0.25, -0.2) is 9.97 Å². The highest BCUT2D eigenvalue weighted by Crippen LogP contribution is 2.19. The van der Waals surface area contributed by atoms with Crippen molar-refractivity contribution in [1.29, 1.82) is 0 Å². The molecule has 1 aliphatic rings. The molecule has 5 nitrogen and oxygen atoms in total. The van der Waals surface area contributed by atoms with Gasteiger partial charge < -0.3 is 10.1 Å². The fourth-order valence-electron chi connectivity index (χ4n) is 2.09. The minimum Gasteiger partial charge on any atom is -0.368 e. The first-order chi connectivity index (χ1) is 8.84. The Morgan fingerprint density at radius 3 is 2.94 bits per heavy atom. The number of nitrogens with one attached hydrogen (secondary N) is 1. The fraction of sp³-hybridized carbons (Fsp3) is 0.615. The van der Waals surface area contributed by atoms with E-state index in [9.17, 15) is 4.79 Å². The Balaban J connectivity index is 1.63. The Morgan fingerprint density at radius 2 is 2.22 bits per heavy atom. The van der Waals surface area contributed by atoms with E-state index in [1.54, 1.807) is 12.3 Å². The number of carbonyl (C=O) groups excluding carboxylic acids is 1. The van der Waals surface area contributed by atoms with Gasteiger partial charge in [-0.05, 0) is 18.9 Å². The summed E-state index contributed by atoms with van der Waals surface area (Å²) in [7, 11) is 0. The van der Waals surface area contributed by atoms with Gasteiger partial charge in [0.05, 0.1) is 18.3 Å². The molecule has 1 saturated carbocycles. The zero-order chi connectivity index (χ0) is 12.6. The van der Waals surface area contributed by atoms with Crippen LogP contribution in [0.5, 0.6) is 0 Å². The monoisotopic (exact) mass is 249 g/mol. The molecule has 0 aromatic carbocycles. The first-order valence-electron chi connectivity index (χ1n) is 6.48. The van der Waals surface area contributed by atoms with Crippen LogP contribution in [0.25, 0.3) is 0 Å². The molecule has 1 aliphatic carbocycles. The van der Waals surface area contributed by atoms with Crippen LogP contribution in [0, 0.1) is 0 Å². The van der Waals surface area contributed by atoms with Crippen molar-refractivity contribution < 1.29 is 9.53 Å². The van der Waals surface area contributed by atoms with Crippen molar-refractivity contribution in [2.75, 3.05) is 6.61 Å². The highest BCUT2D eigenvalue weighted by Gasteiger charge is 2.14. The third kappa shape index (κ3) is 4.41. The molecule has 0 aliphatic heterocycles. The van der Waals surface area contributed by atoms with Crippen molar-refractivity contribution in [2.45, 2.75) is 44.8 Å². The molecule has 2 rings (SSSR count). The average Bonchev–Trinajstić information content (AvgIpc) is 2.45. The van der Waals surface area contributed by atoms with Crippen LogP contribution >= 0.6 is 0 Å². The Kier molecular flexibility index (Phi) is 5.08. The molecule has 0 saturated heterocycles. The van der Waals surface area contributed by atoms with Gasteiger partial charge in [0, 0.05) is 6.20 Å². The summed E-state index contributed by atoms with van der Waals surface area (Å²) in [4.78, 5) is 19.4. The van der Waals surface area contributed by atoms with E-state index in [1.807, 2.05) is 0 Å². The number of hydrogen-bond acceptors (Lipinski definition) is 4. The summed E-state index contributed by atoms with van der Waals surface area (Å²) in [5.74, 6) is -0.0841. The molecule has 0 atom stereocenters. The van der Waals surface area contributed by atoms with Crippen LogP contribution in [0.4, 0.5) is 0 Å². The lowest BCUT2D eigenvalue weighted by Crippen LogP contribution is -2.30. The fourth-order valence-corrected chi connectivity index (χ4v) is 2.09. The van der Waals surface area contributed by atoms with E-state index in [2.05, 4.69) is 15.3 Å². The molecule has 1 fully saturated rings. The maximum absolute atomic E-state index is 11.6. The first-order valence-corrected chi connectivity index (χ1v) is 6.48. The standard InChI is InChI=1S/C13H19N3O2/c17-13(9-18-12-4-2-1-3-5-12)15-8-11-6-7-14-10-16-11/h6-7,10,12H,1-5,8-9H2,(H,15,17). The van der Waals surface area contributed by atoms with Gasteiger partial charge >= 0.3 is 0 Å². The highest BCUT2D eigenvalue weighted by molar-refractivity contribution is 5.77. The number of carbonyl (C=O) groups is 1. The quantitative estimate of drug-likeness (QED) is 0.857. The number of ether oxygens (including phenoxy) is 1. The number of hydrogen-bond donors (Lipinski definition) is 1. The van der Waals surface area contributed by atoms with Gasteiger partial charge in [0.1, 0.15) is 12.9 Å². The van der Waals surface area contributed by atoms with E-state index in [1.165, 1.54) is 25.6 Å². The van der Waals surface area contributed by atoms with Crippen molar-refractivity contribution in [3.05, 3.63) is 24.3 Å². The Hall–Kier alpha value is -1.49. The minimum absolute atomic E-state index is 0.0841. The van der Waals surface area contributed by atoms with E-state index in [-0.39, 0.29) is 18.6 Å². The molecule has 5 heteroatoms. The molecule has 98 valence electrons.